The molecule has 0 fully saturated rings. The number of benzene rings is 1. The van der Waals surface area contributed by atoms with Gasteiger partial charge in [0, 0.05) is 0 Å². The predicted octanol–water partition coefficient (Wildman–Crippen LogP) is 2.05. The largest absolute Gasteiger partial charge is 0.489 e. The summed E-state index contributed by atoms with van der Waals surface area (Å²) in [5, 5.41) is 8.87. The van der Waals surface area contributed by atoms with Gasteiger partial charge in [0.15, 0.2) is 0 Å². The molecule has 0 aliphatic heterocycles. The number of ether oxygens (including phenoxy) is 1. The Morgan fingerprint density at radius 1 is 1.54 bits per heavy atom. The number of aliphatic hydroxyl groups excluding tert-OH is 1. The fraction of sp³-hybridized carbons (Fsp3) is 0.273. The van der Waals surface area contributed by atoms with Crippen LogP contribution in [-0.2, 0) is 6.61 Å². The highest BCUT2D eigenvalue weighted by Gasteiger charge is 1.99. The fourth-order valence-corrected chi connectivity index (χ4v) is 1.12. The summed E-state index contributed by atoms with van der Waals surface area (Å²) in [6.45, 7) is 6.12. The molecular weight excluding hydrogens is 164 g/mol. The van der Waals surface area contributed by atoms with Gasteiger partial charge in [-0.2, -0.15) is 0 Å². The van der Waals surface area contributed by atoms with Crippen LogP contribution in [0, 0.1) is 6.92 Å². The van der Waals surface area contributed by atoms with Crippen molar-refractivity contribution in [1.29, 1.82) is 0 Å². The number of rotatable bonds is 4. The average Bonchev–Trinajstić information content (AvgIpc) is 2.16. The first-order valence-corrected chi connectivity index (χ1v) is 4.22. The SMILES string of the molecule is C=CCOc1ccc(CO)cc1C. The minimum absolute atomic E-state index is 0.0720. The Morgan fingerprint density at radius 2 is 2.31 bits per heavy atom. The highest BCUT2D eigenvalue weighted by atomic mass is 16.5. The van der Waals surface area contributed by atoms with Crippen LogP contribution in [0.3, 0.4) is 0 Å². The van der Waals surface area contributed by atoms with Crippen LogP contribution < -0.4 is 4.74 Å². The quantitative estimate of drug-likeness (QED) is 0.715. The molecule has 1 N–H and O–H groups in total. The van der Waals surface area contributed by atoms with E-state index >= 15 is 0 Å². The average molecular weight is 178 g/mol. The maximum absolute atomic E-state index is 8.87. The molecule has 0 radical (unpaired) electrons. The molecule has 2 nitrogen and oxygen atoms in total. The minimum Gasteiger partial charge on any atom is -0.489 e. The molecule has 0 bridgehead atoms. The van der Waals surface area contributed by atoms with Gasteiger partial charge in [-0.15, -0.1) is 0 Å². The van der Waals surface area contributed by atoms with Crippen molar-refractivity contribution in [2.45, 2.75) is 13.5 Å². The lowest BCUT2D eigenvalue weighted by Gasteiger charge is -2.07. The van der Waals surface area contributed by atoms with E-state index in [9.17, 15) is 0 Å². The molecule has 0 amide bonds. The maximum Gasteiger partial charge on any atom is 0.122 e. The number of hydrogen-bond acceptors (Lipinski definition) is 2. The van der Waals surface area contributed by atoms with Gasteiger partial charge in [-0.05, 0) is 24.1 Å². The lowest BCUT2D eigenvalue weighted by Crippen LogP contribution is -1.95. The Morgan fingerprint density at radius 3 is 2.85 bits per heavy atom. The monoisotopic (exact) mass is 178 g/mol. The van der Waals surface area contributed by atoms with E-state index in [1.54, 1.807) is 6.08 Å². The van der Waals surface area contributed by atoms with Gasteiger partial charge in [0.05, 0.1) is 6.61 Å². The molecule has 1 rings (SSSR count). The van der Waals surface area contributed by atoms with Crippen molar-refractivity contribution in [3.8, 4) is 5.75 Å². The second-order valence-electron chi connectivity index (χ2n) is 2.86. The molecule has 0 unspecified atom stereocenters. The van der Waals surface area contributed by atoms with Gasteiger partial charge in [-0.3, -0.25) is 0 Å². The van der Waals surface area contributed by atoms with Crippen molar-refractivity contribution in [3.05, 3.63) is 42.0 Å². The van der Waals surface area contributed by atoms with Crippen LogP contribution in [-0.4, -0.2) is 11.7 Å². The maximum atomic E-state index is 8.87. The first-order chi connectivity index (χ1) is 6.27. The molecule has 1 aromatic carbocycles. The summed E-state index contributed by atoms with van der Waals surface area (Å²) in [5.41, 5.74) is 1.94. The highest BCUT2D eigenvalue weighted by molar-refractivity contribution is 5.36. The zero-order chi connectivity index (χ0) is 9.68. The van der Waals surface area contributed by atoms with Gasteiger partial charge in [0.2, 0.25) is 0 Å². The Balaban J connectivity index is 2.78. The summed E-state index contributed by atoms with van der Waals surface area (Å²) in [5.74, 6) is 0.845. The Kier molecular flexibility index (Phi) is 3.53. The van der Waals surface area contributed by atoms with E-state index in [-0.39, 0.29) is 6.61 Å². The second kappa shape index (κ2) is 4.67. The van der Waals surface area contributed by atoms with E-state index in [0.717, 1.165) is 16.9 Å². The molecule has 0 aromatic heterocycles. The van der Waals surface area contributed by atoms with Crippen LogP contribution >= 0.6 is 0 Å². The van der Waals surface area contributed by atoms with Crippen LogP contribution in [0.5, 0.6) is 5.75 Å². The third kappa shape index (κ3) is 2.60. The zero-order valence-electron chi connectivity index (χ0n) is 7.79. The number of aryl methyl sites for hydroxylation is 1. The molecule has 70 valence electrons. The zero-order valence-corrected chi connectivity index (χ0v) is 7.79. The highest BCUT2D eigenvalue weighted by Crippen LogP contribution is 2.18. The third-order valence-electron chi connectivity index (χ3n) is 1.78. The van der Waals surface area contributed by atoms with Crippen LogP contribution in [0.2, 0.25) is 0 Å². The van der Waals surface area contributed by atoms with E-state index < -0.39 is 0 Å². The summed E-state index contributed by atoms with van der Waals surface area (Å²) in [7, 11) is 0. The van der Waals surface area contributed by atoms with Crippen molar-refractivity contribution in [2.24, 2.45) is 0 Å². The summed E-state index contributed by atoms with van der Waals surface area (Å²) in [6, 6.07) is 5.63. The van der Waals surface area contributed by atoms with Gasteiger partial charge in [-0.1, -0.05) is 24.8 Å². The summed E-state index contributed by atoms with van der Waals surface area (Å²) in [6.07, 6.45) is 1.71. The van der Waals surface area contributed by atoms with Crippen molar-refractivity contribution < 1.29 is 9.84 Å². The van der Waals surface area contributed by atoms with Crippen molar-refractivity contribution in [2.75, 3.05) is 6.61 Å². The molecule has 1 aromatic rings. The Labute approximate surface area is 78.5 Å². The Hall–Kier alpha value is -1.28. The molecule has 2 heteroatoms. The van der Waals surface area contributed by atoms with Crippen LogP contribution in [0.15, 0.2) is 30.9 Å². The molecule has 0 saturated heterocycles. The second-order valence-corrected chi connectivity index (χ2v) is 2.86. The molecular formula is C11H14O2. The molecule has 13 heavy (non-hydrogen) atoms. The molecule has 0 heterocycles. The topological polar surface area (TPSA) is 29.5 Å². The van der Waals surface area contributed by atoms with Crippen molar-refractivity contribution in [1.82, 2.24) is 0 Å². The van der Waals surface area contributed by atoms with Crippen LogP contribution in [0.1, 0.15) is 11.1 Å². The van der Waals surface area contributed by atoms with Crippen molar-refractivity contribution >= 4 is 0 Å². The van der Waals surface area contributed by atoms with Crippen molar-refractivity contribution in [3.63, 3.8) is 0 Å². The molecule has 0 aliphatic rings. The first kappa shape index (κ1) is 9.81. The summed E-state index contributed by atoms with van der Waals surface area (Å²) >= 11 is 0. The van der Waals surface area contributed by atoms with Gasteiger partial charge in [0.1, 0.15) is 12.4 Å². The minimum atomic E-state index is 0.0720. The summed E-state index contributed by atoms with van der Waals surface area (Å²) in [4.78, 5) is 0. The lowest BCUT2D eigenvalue weighted by molar-refractivity contribution is 0.281. The molecule has 0 spiro atoms. The van der Waals surface area contributed by atoms with E-state index in [4.69, 9.17) is 9.84 Å². The van der Waals surface area contributed by atoms with Gasteiger partial charge >= 0.3 is 0 Å². The Bertz CT molecular complexity index is 292. The third-order valence-corrected chi connectivity index (χ3v) is 1.78. The van der Waals surface area contributed by atoms with Crippen LogP contribution in [0.4, 0.5) is 0 Å². The molecule has 0 atom stereocenters. The van der Waals surface area contributed by atoms with E-state index in [0.29, 0.717) is 6.61 Å². The van der Waals surface area contributed by atoms with Gasteiger partial charge in [-0.25, -0.2) is 0 Å². The standard InChI is InChI=1S/C11H14O2/c1-3-6-13-11-5-4-10(8-12)7-9(11)2/h3-5,7,12H,1,6,8H2,2H3. The van der Waals surface area contributed by atoms with E-state index in [1.807, 2.05) is 25.1 Å². The molecule has 0 saturated carbocycles. The number of aliphatic hydroxyl groups is 1. The lowest BCUT2D eigenvalue weighted by atomic mass is 10.1. The van der Waals surface area contributed by atoms with E-state index in [1.165, 1.54) is 0 Å². The smallest absolute Gasteiger partial charge is 0.122 e. The van der Waals surface area contributed by atoms with E-state index in [2.05, 4.69) is 6.58 Å². The van der Waals surface area contributed by atoms with Gasteiger partial charge < -0.3 is 9.84 Å². The predicted molar refractivity (Wildman–Crippen MR) is 52.8 cm³/mol. The fourth-order valence-electron chi connectivity index (χ4n) is 1.12. The first-order valence-electron chi connectivity index (χ1n) is 4.22. The normalized spacial score (nSPS) is 9.69. The van der Waals surface area contributed by atoms with Gasteiger partial charge in [0.25, 0.3) is 0 Å². The molecule has 0 aliphatic carbocycles. The summed E-state index contributed by atoms with van der Waals surface area (Å²) < 4.78 is 5.39. The van der Waals surface area contributed by atoms with Crippen LogP contribution in [0.25, 0.3) is 0 Å². The number of hydrogen-bond donors (Lipinski definition) is 1.